The molecule has 106 valence electrons. The molecule has 1 aromatic carbocycles. The van der Waals surface area contributed by atoms with Crippen molar-refractivity contribution in [1.29, 1.82) is 0 Å². The molecular weight excluding hydrogens is 255 g/mol. The van der Waals surface area contributed by atoms with Gasteiger partial charge in [-0.15, -0.1) is 0 Å². The van der Waals surface area contributed by atoms with Gasteiger partial charge in [0.2, 0.25) is 0 Å². The number of para-hydroxylation sites is 1. The van der Waals surface area contributed by atoms with E-state index in [1.54, 1.807) is 6.07 Å². The lowest BCUT2D eigenvalue weighted by molar-refractivity contribution is 0.186. The van der Waals surface area contributed by atoms with Crippen molar-refractivity contribution < 1.29 is 9.13 Å². The van der Waals surface area contributed by atoms with Crippen molar-refractivity contribution in [2.24, 2.45) is 5.92 Å². The predicted molar refractivity (Wildman–Crippen MR) is 78.6 cm³/mol. The second-order valence-corrected chi connectivity index (χ2v) is 5.53. The van der Waals surface area contributed by atoms with E-state index >= 15 is 0 Å². The first-order valence-electron chi connectivity index (χ1n) is 7.00. The molecule has 1 aromatic heterocycles. The highest BCUT2D eigenvalue weighted by Gasteiger charge is 2.19. The Morgan fingerprint density at radius 1 is 1.45 bits per heavy atom. The lowest BCUT2D eigenvalue weighted by Crippen LogP contribution is -2.26. The summed E-state index contributed by atoms with van der Waals surface area (Å²) in [6.45, 7) is 4.50. The Bertz CT molecular complexity index is 623. The second-order valence-electron chi connectivity index (χ2n) is 5.53. The second kappa shape index (κ2) is 5.37. The number of benzene rings is 1. The van der Waals surface area contributed by atoms with Crippen LogP contribution in [0, 0.1) is 18.7 Å². The molecule has 2 aromatic rings. The van der Waals surface area contributed by atoms with E-state index in [0.29, 0.717) is 11.4 Å². The van der Waals surface area contributed by atoms with E-state index in [2.05, 4.69) is 16.9 Å². The summed E-state index contributed by atoms with van der Waals surface area (Å²) in [5.74, 6) is 0.294. The Kier molecular flexibility index (Phi) is 3.57. The molecule has 0 saturated carbocycles. The lowest BCUT2D eigenvalue weighted by Gasteiger charge is -2.24. The van der Waals surface area contributed by atoms with Crippen molar-refractivity contribution in [1.82, 2.24) is 4.98 Å². The van der Waals surface area contributed by atoms with Crippen LogP contribution in [0.1, 0.15) is 12.1 Å². The van der Waals surface area contributed by atoms with E-state index in [1.165, 1.54) is 6.07 Å². The molecule has 0 aliphatic carbocycles. The summed E-state index contributed by atoms with van der Waals surface area (Å²) in [4.78, 5) is 6.51. The van der Waals surface area contributed by atoms with E-state index in [9.17, 15) is 4.39 Å². The van der Waals surface area contributed by atoms with E-state index in [-0.39, 0.29) is 5.82 Å². The van der Waals surface area contributed by atoms with Crippen molar-refractivity contribution in [3.05, 3.63) is 35.8 Å². The number of hydrogen-bond acceptors (Lipinski definition) is 3. The average Bonchev–Trinajstić information content (AvgIpc) is 2.92. The minimum absolute atomic E-state index is 0.259. The van der Waals surface area contributed by atoms with Crippen molar-refractivity contribution >= 4 is 16.6 Å². The van der Waals surface area contributed by atoms with E-state index in [1.807, 2.05) is 19.1 Å². The topological polar surface area (TPSA) is 25.4 Å². The zero-order valence-electron chi connectivity index (χ0n) is 11.9. The van der Waals surface area contributed by atoms with Crippen LogP contribution in [0.3, 0.4) is 0 Å². The summed E-state index contributed by atoms with van der Waals surface area (Å²) in [7, 11) is 2.05. The monoisotopic (exact) mass is 274 g/mol. The molecule has 1 aliphatic heterocycles. The van der Waals surface area contributed by atoms with Gasteiger partial charge in [-0.05, 0) is 25.5 Å². The molecule has 0 N–H and O–H groups in total. The highest BCUT2D eigenvalue weighted by molar-refractivity contribution is 5.92. The molecule has 1 aliphatic rings. The van der Waals surface area contributed by atoms with Gasteiger partial charge in [0.05, 0.1) is 6.61 Å². The molecule has 3 rings (SSSR count). The lowest BCUT2D eigenvalue weighted by atomic mass is 10.1. The van der Waals surface area contributed by atoms with E-state index in [0.717, 1.165) is 42.9 Å². The fourth-order valence-corrected chi connectivity index (χ4v) is 2.85. The summed E-state index contributed by atoms with van der Waals surface area (Å²) in [5, 5.41) is 0.872. The number of nitrogens with zero attached hydrogens (tertiary/aromatic N) is 2. The fraction of sp³-hybridized carbons (Fsp3) is 0.438. The molecule has 0 radical (unpaired) electrons. The van der Waals surface area contributed by atoms with Crippen LogP contribution in [0.4, 0.5) is 10.1 Å². The fourth-order valence-electron chi connectivity index (χ4n) is 2.85. The van der Waals surface area contributed by atoms with Crippen LogP contribution in [-0.2, 0) is 4.74 Å². The van der Waals surface area contributed by atoms with Crippen LogP contribution < -0.4 is 4.90 Å². The Labute approximate surface area is 118 Å². The van der Waals surface area contributed by atoms with Gasteiger partial charge in [0, 0.05) is 42.9 Å². The molecule has 1 atom stereocenters. The molecule has 0 bridgehead atoms. The Morgan fingerprint density at radius 2 is 2.30 bits per heavy atom. The van der Waals surface area contributed by atoms with Gasteiger partial charge < -0.3 is 9.64 Å². The number of fused-ring (bicyclic) bond motifs is 1. The number of pyridine rings is 1. The largest absolute Gasteiger partial charge is 0.381 e. The summed E-state index contributed by atoms with van der Waals surface area (Å²) >= 11 is 0. The minimum Gasteiger partial charge on any atom is -0.381 e. The van der Waals surface area contributed by atoms with Gasteiger partial charge in [0.15, 0.2) is 0 Å². The average molecular weight is 274 g/mol. The van der Waals surface area contributed by atoms with Crippen LogP contribution in [0.5, 0.6) is 0 Å². The van der Waals surface area contributed by atoms with Gasteiger partial charge in [-0.25, -0.2) is 9.37 Å². The summed E-state index contributed by atoms with van der Waals surface area (Å²) in [5.41, 5.74) is 2.34. The number of hydrogen-bond donors (Lipinski definition) is 0. The maximum absolute atomic E-state index is 13.9. The van der Waals surface area contributed by atoms with Crippen LogP contribution in [0.15, 0.2) is 24.3 Å². The summed E-state index contributed by atoms with van der Waals surface area (Å²) in [6, 6.07) is 7.16. The molecule has 1 saturated heterocycles. The Hall–Kier alpha value is -1.68. The molecule has 1 unspecified atom stereocenters. The zero-order chi connectivity index (χ0) is 14.1. The number of ether oxygens (including phenoxy) is 1. The van der Waals surface area contributed by atoms with Gasteiger partial charge >= 0.3 is 0 Å². The molecule has 1 fully saturated rings. The quantitative estimate of drug-likeness (QED) is 0.859. The molecule has 4 heteroatoms. The minimum atomic E-state index is -0.259. The first-order valence-corrected chi connectivity index (χ1v) is 7.00. The number of anilines is 1. The molecule has 3 nitrogen and oxygen atoms in total. The molecule has 2 heterocycles. The third kappa shape index (κ3) is 2.48. The predicted octanol–water partition coefficient (Wildman–Crippen LogP) is 3.16. The van der Waals surface area contributed by atoms with E-state index < -0.39 is 0 Å². The van der Waals surface area contributed by atoms with Crippen molar-refractivity contribution in [2.75, 3.05) is 31.7 Å². The van der Waals surface area contributed by atoms with Gasteiger partial charge in [0.25, 0.3) is 0 Å². The smallest absolute Gasteiger partial charge is 0.149 e. The third-order valence-corrected chi connectivity index (χ3v) is 3.86. The first kappa shape index (κ1) is 13.3. The van der Waals surface area contributed by atoms with Crippen LogP contribution in [0.2, 0.25) is 0 Å². The zero-order valence-corrected chi connectivity index (χ0v) is 11.9. The molecule has 0 spiro atoms. The van der Waals surface area contributed by atoms with Gasteiger partial charge in [-0.1, -0.05) is 12.1 Å². The first-order chi connectivity index (χ1) is 9.65. The van der Waals surface area contributed by atoms with Gasteiger partial charge in [-0.3, -0.25) is 0 Å². The Morgan fingerprint density at radius 3 is 3.05 bits per heavy atom. The Balaban J connectivity index is 1.99. The summed E-state index contributed by atoms with van der Waals surface area (Å²) in [6.07, 6.45) is 1.10. The van der Waals surface area contributed by atoms with Gasteiger partial charge in [0.1, 0.15) is 11.3 Å². The number of aryl methyl sites for hydroxylation is 1. The van der Waals surface area contributed by atoms with Crippen LogP contribution >= 0.6 is 0 Å². The third-order valence-electron chi connectivity index (χ3n) is 3.86. The highest BCUT2D eigenvalue weighted by Crippen LogP contribution is 2.28. The maximum atomic E-state index is 13.9. The normalized spacial score (nSPS) is 18.6. The highest BCUT2D eigenvalue weighted by atomic mass is 19.1. The maximum Gasteiger partial charge on any atom is 0.149 e. The SMILES string of the molecule is Cc1cc(N(C)CC2CCOC2)c2cccc(F)c2n1. The molecular formula is C16H19FN2O. The molecule has 20 heavy (non-hydrogen) atoms. The van der Waals surface area contributed by atoms with Crippen LogP contribution in [-0.4, -0.2) is 31.8 Å². The molecule has 0 amide bonds. The standard InChI is InChI=1S/C16H19FN2O/c1-11-8-15(19(2)9-12-6-7-20-10-12)13-4-3-5-14(17)16(13)18-11/h3-5,8,12H,6-7,9-10H2,1-2H3. The number of halogens is 1. The van der Waals surface area contributed by atoms with E-state index in [4.69, 9.17) is 4.74 Å². The summed E-state index contributed by atoms with van der Waals surface area (Å²) < 4.78 is 19.3. The van der Waals surface area contributed by atoms with Crippen molar-refractivity contribution in [2.45, 2.75) is 13.3 Å². The number of rotatable bonds is 3. The van der Waals surface area contributed by atoms with Crippen molar-refractivity contribution in [3.63, 3.8) is 0 Å². The van der Waals surface area contributed by atoms with Crippen molar-refractivity contribution in [3.8, 4) is 0 Å². The van der Waals surface area contributed by atoms with Gasteiger partial charge in [-0.2, -0.15) is 0 Å². The number of aromatic nitrogens is 1. The van der Waals surface area contributed by atoms with Crippen LogP contribution in [0.25, 0.3) is 10.9 Å².